The molecule has 0 saturated heterocycles. The maximum Gasteiger partial charge on any atom is 0.244 e. The maximum absolute atomic E-state index is 11.5. The van der Waals surface area contributed by atoms with Crippen LogP contribution in [0.4, 0.5) is 0 Å². The van der Waals surface area contributed by atoms with Gasteiger partial charge in [-0.15, -0.1) is 0 Å². The van der Waals surface area contributed by atoms with Crippen molar-refractivity contribution in [3.63, 3.8) is 0 Å². The third-order valence-corrected chi connectivity index (χ3v) is 2.98. The van der Waals surface area contributed by atoms with Gasteiger partial charge in [0.1, 0.15) is 0 Å². The normalized spacial score (nSPS) is 14.9. The number of benzene rings is 1. The lowest BCUT2D eigenvalue weighted by Crippen LogP contribution is -2.31. The van der Waals surface area contributed by atoms with Crippen LogP contribution in [-0.2, 0) is 4.79 Å². The van der Waals surface area contributed by atoms with Crippen LogP contribution in [0.15, 0.2) is 30.3 Å². The maximum atomic E-state index is 11.5. The molecule has 0 atom stereocenters. The van der Waals surface area contributed by atoms with E-state index >= 15 is 0 Å². The molecule has 1 amide bonds. The van der Waals surface area contributed by atoms with Gasteiger partial charge in [-0.25, -0.2) is 0 Å². The highest BCUT2D eigenvalue weighted by Crippen LogP contribution is 2.17. The summed E-state index contributed by atoms with van der Waals surface area (Å²) in [5.74, 6) is -0.0671. The summed E-state index contributed by atoms with van der Waals surface area (Å²) < 4.78 is 0. The van der Waals surface area contributed by atoms with Crippen molar-refractivity contribution in [3.05, 3.63) is 40.9 Å². The standard InChI is InChI=1S/C14H17ClN2O/c15-12-4-1-11(2-5-12)3-8-14(18)17-10-9-16-13-6-7-13/h1-5,8,13,16H,6-7,9-10H2,(H,17,18). The van der Waals surface area contributed by atoms with Gasteiger partial charge in [-0.3, -0.25) is 4.79 Å². The van der Waals surface area contributed by atoms with Crippen molar-refractivity contribution in [2.45, 2.75) is 18.9 Å². The Morgan fingerprint density at radius 3 is 2.67 bits per heavy atom. The molecule has 0 bridgehead atoms. The number of rotatable bonds is 6. The Bertz CT molecular complexity index is 424. The first-order valence-corrected chi connectivity index (χ1v) is 6.57. The van der Waals surface area contributed by atoms with Gasteiger partial charge < -0.3 is 10.6 Å². The zero-order chi connectivity index (χ0) is 12.8. The minimum atomic E-state index is -0.0671. The topological polar surface area (TPSA) is 41.1 Å². The molecule has 0 heterocycles. The second kappa shape index (κ2) is 6.57. The molecular weight excluding hydrogens is 248 g/mol. The molecule has 1 aliphatic carbocycles. The van der Waals surface area contributed by atoms with Crippen molar-refractivity contribution >= 4 is 23.6 Å². The lowest BCUT2D eigenvalue weighted by atomic mass is 10.2. The van der Waals surface area contributed by atoms with Gasteiger partial charge in [0.2, 0.25) is 5.91 Å². The van der Waals surface area contributed by atoms with Crippen molar-refractivity contribution in [3.8, 4) is 0 Å². The van der Waals surface area contributed by atoms with Crippen molar-refractivity contribution in [2.75, 3.05) is 13.1 Å². The zero-order valence-electron chi connectivity index (χ0n) is 10.2. The Kier molecular flexibility index (Phi) is 4.79. The van der Waals surface area contributed by atoms with Gasteiger partial charge in [0.15, 0.2) is 0 Å². The smallest absolute Gasteiger partial charge is 0.244 e. The molecule has 0 aliphatic heterocycles. The summed E-state index contributed by atoms with van der Waals surface area (Å²) in [6.45, 7) is 1.51. The number of halogens is 1. The molecule has 1 aromatic carbocycles. The van der Waals surface area contributed by atoms with Gasteiger partial charge >= 0.3 is 0 Å². The minimum absolute atomic E-state index is 0.0671. The molecule has 2 rings (SSSR count). The highest BCUT2D eigenvalue weighted by atomic mass is 35.5. The molecule has 1 fully saturated rings. The van der Waals surface area contributed by atoms with Crippen LogP contribution in [-0.4, -0.2) is 25.0 Å². The SMILES string of the molecule is O=C(C=Cc1ccc(Cl)cc1)NCCNC1CC1. The average Bonchev–Trinajstić information content (AvgIpc) is 3.18. The van der Waals surface area contributed by atoms with Crippen LogP contribution in [0.1, 0.15) is 18.4 Å². The number of nitrogens with one attached hydrogen (secondary N) is 2. The fourth-order valence-corrected chi connectivity index (χ4v) is 1.68. The highest BCUT2D eigenvalue weighted by Gasteiger charge is 2.19. The second-order valence-corrected chi connectivity index (χ2v) is 4.84. The Morgan fingerprint density at radius 1 is 1.28 bits per heavy atom. The van der Waals surface area contributed by atoms with Crippen molar-refractivity contribution in [1.29, 1.82) is 0 Å². The molecule has 0 unspecified atom stereocenters. The molecule has 0 radical (unpaired) electrons. The fourth-order valence-electron chi connectivity index (χ4n) is 1.55. The fraction of sp³-hybridized carbons (Fsp3) is 0.357. The van der Waals surface area contributed by atoms with E-state index in [-0.39, 0.29) is 5.91 Å². The third kappa shape index (κ3) is 4.90. The molecule has 1 aliphatic rings. The van der Waals surface area contributed by atoms with Gasteiger partial charge in [0.25, 0.3) is 0 Å². The lowest BCUT2D eigenvalue weighted by Gasteiger charge is -2.03. The van der Waals surface area contributed by atoms with E-state index in [4.69, 9.17) is 11.6 Å². The van der Waals surface area contributed by atoms with E-state index in [2.05, 4.69) is 10.6 Å². The van der Waals surface area contributed by atoms with E-state index in [9.17, 15) is 4.79 Å². The quantitative estimate of drug-likeness (QED) is 0.611. The first kappa shape index (κ1) is 13.1. The Morgan fingerprint density at radius 2 is 2.00 bits per heavy atom. The van der Waals surface area contributed by atoms with Crippen LogP contribution in [0.25, 0.3) is 6.08 Å². The lowest BCUT2D eigenvalue weighted by molar-refractivity contribution is -0.116. The molecule has 4 heteroatoms. The van der Waals surface area contributed by atoms with Gasteiger partial charge in [0, 0.05) is 30.2 Å². The molecule has 18 heavy (non-hydrogen) atoms. The molecule has 3 nitrogen and oxygen atoms in total. The van der Waals surface area contributed by atoms with E-state index in [0.717, 1.165) is 12.1 Å². The van der Waals surface area contributed by atoms with Crippen LogP contribution in [0, 0.1) is 0 Å². The first-order chi connectivity index (χ1) is 8.74. The van der Waals surface area contributed by atoms with Gasteiger partial charge in [-0.2, -0.15) is 0 Å². The first-order valence-electron chi connectivity index (χ1n) is 6.19. The summed E-state index contributed by atoms with van der Waals surface area (Å²) in [4.78, 5) is 11.5. The summed E-state index contributed by atoms with van der Waals surface area (Å²) >= 11 is 5.78. The number of hydrogen-bond acceptors (Lipinski definition) is 2. The molecule has 1 saturated carbocycles. The average molecular weight is 265 g/mol. The predicted molar refractivity (Wildman–Crippen MR) is 74.5 cm³/mol. The number of hydrogen-bond donors (Lipinski definition) is 2. The van der Waals surface area contributed by atoms with E-state index < -0.39 is 0 Å². The molecule has 2 N–H and O–H groups in total. The Labute approximate surface area is 112 Å². The van der Waals surface area contributed by atoms with Crippen LogP contribution in [0.2, 0.25) is 5.02 Å². The van der Waals surface area contributed by atoms with Gasteiger partial charge in [-0.05, 0) is 36.6 Å². The van der Waals surface area contributed by atoms with Crippen molar-refractivity contribution in [1.82, 2.24) is 10.6 Å². The van der Waals surface area contributed by atoms with Crippen LogP contribution < -0.4 is 10.6 Å². The highest BCUT2D eigenvalue weighted by molar-refractivity contribution is 6.30. The molecule has 0 aromatic heterocycles. The molecule has 0 spiro atoms. The summed E-state index contributed by atoms with van der Waals surface area (Å²) in [5.41, 5.74) is 0.964. The van der Waals surface area contributed by atoms with Gasteiger partial charge in [0.05, 0.1) is 0 Å². The largest absolute Gasteiger partial charge is 0.351 e. The van der Waals surface area contributed by atoms with Crippen molar-refractivity contribution in [2.24, 2.45) is 0 Å². The molecule has 1 aromatic rings. The minimum Gasteiger partial charge on any atom is -0.351 e. The number of carbonyl (C=O) groups excluding carboxylic acids is 1. The van der Waals surface area contributed by atoms with Crippen LogP contribution in [0.3, 0.4) is 0 Å². The summed E-state index contributed by atoms with van der Waals surface area (Å²) in [6.07, 6.45) is 5.86. The van der Waals surface area contributed by atoms with E-state index in [0.29, 0.717) is 17.6 Å². The molecule has 96 valence electrons. The van der Waals surface area contributed by atoms with E-state index in [1.807, 2.05) is 12.1 Å². The monoisotopic (exact) mass is 264 g/mol. The summed E-state index contributed by atoms with van der Waals surface area (Å²) in [5, 5.41) is 6.87. The summed E-state index contributed by atoms with van der Waals surface area (Å²) in [6, 6.07) is 8.05. The zero-order valence-corrected chi connectivity index (χ0v) is 10.9. The van der Waals surface area contributed by atoms with E-state index in [1.165, 1.54) is 12.8 Å². The third-order valence-electron chi connectivity index (χ3n) is 2.73. The molecular formula is C14H17ClN2O. The second-order valence-electron chi connectivity index (χ2n) is 4.40. The van der Waals surface area contributed by atoms with Crippen LogP contribution >= 0.6 is 11.6 Å². The Balaban J connectivity index is 1.67. The van der Waals surface area contributed by atoms with E-state index in [1.54, 1.807) is 24.3 Å². The van der Waals surface area contributed by atoms with Crippen LogP contribution in [0.5, 0.6) is 0 Å². The van der Waals surface area contributed by atoms with Gasteiger partial charge in [-0.1, -0.05) is 23.7 Å². The number of amides is 1. The summed E-state index contributed by atoms with van der Waals surface area (Å²) in [7, 11) is 0. The Hall–Kier alpha value is -1.32. The number of carbonyl (C=O) groups is 1. The van der Waals surface area contributed by atoms with Crippen molar-refractivity contribution < 1.29 is 4.79 Å². The predicted octanol–water partition coefficient (Wildman–Crippen LogP) is 2.22.